The summed E-state index contributed by atoms with van der Waals surface area (Å²) in [6.45, 7) is 2.21. The molecule has 0 atom stereocenters. The summed E-state index contributed by atoms with van der Waals surface area (Å²) in [7, 11) is -3.63. The largest absolute Gasteiger partial charge is 0.264 e. The normalized spacial score (nSPS) is 11.6. The highest BCUT2D eigenvalue weighted by molar-refractivity contribution is 7.89. The number of sulfonamides is 1. The summed E-state index contributed by atoms with van der Waals surface area (Å²) in [6, 6.07) is 10.2. The Labute approximate surface area is 155 Å². The number of benzene rings is 1. The number of halogens is 1. The molecule has 0 spiro atoms. The molecule has 0 bridgehead atoms. The molecule has 2 aromatic heterocycles. The van der Waals surface area contributed by atoms with Gasteiger partial charge in [-0.15, -0.1) is 11.3 Å². The summed E-state index contributed by atoms with van der Waals surface area (Å²) in [6.07, 6.45) is 4.05. The first-order valence-electron chi connectivity index (χ1n) is 7.58. The van der Waals surface area contributed by atoms with E-state index in [4.69, 9.17) is 11.6 Å². The molecule has 0 aliphatic carbocycles. The highest BCUT2D eigenvalue weighted by Gasteiger charge is 2.17. The Morgan fingerprint density at radius 1 is 1.20 bits per heavy atom. The van der Waals surface area contributed by atoms with Crippen molar-refractivity contribution in [1.82, 2.24) is 14.7 Å². The summed E-state index contributed by atoms with van der Waals surface area (Å²) in [4.78, 5) is 9.78. The van der Waals surface area contributed by atoms with Crippen LogP contribution in [-0.2, 0) is 16.4 Å². The van der Waals surface area contributed by atoms with Crippen LogP contribution >= 0.6 is 22.9 Å². The van der Waals surface area contributed by atoms with E-state index < -0.39 is 10.0 Å². The molecule has 0 aliphatic heterocycles. The van der Waals surface area contributed by atoms with Crippen molar-refractivity contribution in [1.29, 1.82) is 0 Å². The quantitative estimate of drug-likeness (QED) is 0.693. The van der Waals surface area contributed by atoms with Crippen LogP contribution in [0.5, 0.6) is 0 Å². The Morgan fingerprint density at radius 3 is 2.72 bits per heavy atom. The molecular weight excluding hydrogens is 378 g/mol. The molecule has 2 heterocycles. The zero-order valence-corrected chi connectivity index (χ0v) is 15.8. The van der Waals surface area contributed by atoms with E-state index in [0.29, 0.717) is 6.42 Å². The van der Waals surface area contributed by atoms with Gasteiger partial charge in [-0.3, -0.25) is 4.98 Å². The number of pyridine rings is 1. The highest BCUT2D eigenvalue weighted by atomic mass is 35.5. The molecule has 3 aromatic rings. The standard InChI is InChI=1S/C17H16ClN3O2S2/c1-12-15(24-17(21-12)13-5-4-9-19-11-13)8-10-20-25(22,23)16-7-3-2-6-14(16)18/h2-7,9,11,20H,8,10H2,1H3. The minimum atomic E-state index is -3.63. The fourth-order valence-electron chi connectivity index (χ4n) is 2.31. The number of hydrogen-bond acceptors (Lipinski definition) is 5. The van der Waals surface area contributed by atoms with Crippen LogP contribution < -0.4 is 4.72 Å². The molecule has 1 aromatic carbocycles. The smallest absolute Gasteiger partial charge is 0.242 e. The molecule has 1 N–H and O–H groups in total. The van der Waals surface area contributed by atoms with Gasteiger partial charge >= 0.3 is 0 Å². The Kier molecular flexibility index (Phi) is 5.48. The van der Waals surface area contributed by atoms with Crippen LogP contribution in [0.1, 0.15) is 10.6 Å². The van der Waals surface area contributed by atoms with Gasteiger partial charge in [0.1, 0.15) is 9.90 Å². The summed E-state index contributed by atoms with van der Waals surface area (Å²) in [5.41, 5.74) is 1.86. The van der Waals surface area contributed by atoms with Gasteiger partial charge in [0.15, 0.2) is 0 Å². The summed E-state index contributed by atoms with van der Waals surface area (Å²) in [5.74, 6) is 0. The van der Waals surface area contributed by atoms with Crippen LogP contribution in [0.15, 0.2) is 53.7 Å². The molecule has 0 unspecified atom stereocenters. The Balaban J connectivity index is 1.69. The number of nitrogens with one attached hydrogen (secondary N) is 1. The zero-order chi connectivity index (χ0) is 17.9. The maximum Gasteiger partial charge on any atom is 0.242 e. The molecule has 0 saturated carbocycles. The minimum Gasteiger partial charge on any atom is -0.264 e. The molecule has 0 fully saturated rings. The second-order valence-electron chi connectivity index (χ2n) is 5.35. The molecule has 0 saturated heterocycles. The second-order valence-corrected chi connectivity index (χ2v) is 8.57. The lowest BCUT2D eigenvalue weighted by atomic mass is 10.3. The third kappa shape index (κ3) is 4.24. The number of rotatable bonds is 6. The Morgan fingerprint density at radius 2 is 2.00 bits per heavy atom. The van der Waals surface area contributed by atoms with E-state index >= 15 is 0 Å². The summed E-state index contributed by atoms with van der Waals surface area (Å²) >= 11 is 7.52. The summed E-state index contributed by atoms with van der Waals surface area (Å²) in [5, 5.41) is 1.09. The van der Waals surface area contributed by atoms with Crippen LogP contribution in [-0.4, -0.2) is 24.9 Å². The SMILES string of the molecule is Cc1nc(-c2cccnc2)sc1CCNS(=O)(=O)c1ccccc1Cl. The van der Waals surface area contributed by atoms with Crippen molar-refractivity contribution in [3.05, 3.63) is 64.4 Å². The maximum absolute atomic E-state index is 12.3. The van der Waals surface area contributed by atoms with E-state index in [2.05, 4.69) is 14.7 Å². The molecule has 5 nitrogen and oxygen atoms in total. The predicted octanol–water partition coefficient (Wildman–Crippen LogP) is 3.69. The van der Waals surface area contributed by atoms with Crippen molar-refractivity contribution in [3.8, 4) is 10.6 Å². The molecule has 8 heteroatoms. The van der Waals surface area contributed by atoms with Crippen LogP contribution in [0.3, 0.4) is 0 Å². The number of thiazole rings is 1. The van der Waals surface area contributed by atoms with Gasteiger partial charge < -0.3 is 0 Å². The first-order chi connectivity index (χ1) is 12.0. The van der Waals surface area contributed by atoms with Crippen LogP contribution in [0.25, 0.3) is 10.6 Å². The summed E-state index contributed by atoms with van der Waals surface area (Å²) < 4.78 is 27.3. The fourth-order valence-corrected chi connectivity index (χ4v) is 4.91. The van der Waals surface area contributed by atoms with Gasteiger partial charge in [0.25, 0.3) is 0 Å². The van der Waals surface area contributed by atoms with E-state index in [-0.39, 0.29) is 16.5 Å². The third-order valence-electron chi connectivity index (χ3n) is 3.57. The molecule has 0 aliphatic rings. The fraction of sp³-hybridized carbons (Fsp3) is 0.176. The monoisotopic (exact) mass is 393 g/mol. The molecule has 0 radical (unpaired) electrons. The van der Waals surface area contributed by atoms with Crippen molar-refractivity contribution in [3.63, 3.8) is 0 Å². The Bertz CT molecular complexity index is 973. The van der Waals surface area contributed by atoms with Crippen molar-refractivity contribution in [2.45, 2.75) is 18.2 Å². The van der Waals surface area contributed by atoms with Crippen LogP contribution in [0.4, 0.5) is 0 Å². The van der Waals surface area contributed by atoms with Gasteiger partial charge in [-0.1, -0.05) is 23.7 Å². The van der Waals surface area contributed by atoms with E-state index in [1.54, 1.807) is 41.9 Å². The topological polar surface area (TPSA) is 72.0 Å². The van der Waals surface area contributed by atoms with Gasteiger partial charge in [0, 0.05) is 29.4 Å². The van der Waals surface area contributed by atoms with Gasteiger partial charge in [0.2, 0.25) is 10.0 Å². The van der Waals surface area contributed by atoms with Crippen molar-refractivity contribution >= 4 is 33.0 Å². The molecule has 130 valence electrons. The number of nitrogens with zero attached hydrogens (tertiary/aromatic N) is 2. The first-order valence-corrected chi connectivity index (χ1v) is 10.3. The maximum atomic E-state index is 12.3. The van der Waals surface area contributed by atoms with Gasteiger partial charge in [0.05, 0.1) is 10.7 Å². The molecular formula is C17H16ClN3O2S2. The van der Waals surface area contributed by atoms with E-state index in [1.807, 2.05) is 19.1 Å². The zero-order valence-electron chi connectivity index (χ0n) is 13.4. The number of hydrogen-bond donors (Lipinski definition) is 1. The van der Waals surface area contributed by atoms with Crippen molar-refractivity contribution < 1.29 is 8.42 Å². The van der Waals surface area contributed by atoms with Crippen molar-refractivity contribution in [2.75, 3.05) is 6.54 Å². The van der Waals surface area contributed by atoms with Gasteiger partial charge in [-0.05, 0) is 37.6 Å². The molecule has 25 heavy (non-hydrogen) atoms. The lowest BCUT2D eigenvalue weighted by Crippen LogP contribution is -2.26. The lowest BCUT2D eigenvalue weighted by molar-refractivity contribution is 0.582. The van der Waals surface area contributed by atoms with E-state index in [9.17, 15) is 8.42 Å². The lowest BCUT2D eigenvalue weighted by Gasteiger charge is -2.07. The highest BCUT2D eigenvalue weighted by Crippen LogP contribution is 2.27. The van der Waals surface area contributed by atoms with Crippen LogP contribution in [0.2, 0.25) is 5.02 Å². The van der Waals surface area contributed by atoms with E-state index in [1.165, 1.54) is 6.07 Å². The average Bonchev–Trinajstić information content (AvgIpc) is 2.97. The average molecular weight is 394 g/mol. The second kappa shape index (κ2) is 7.61. The predicted molar refractivity (Wildman–Crippen MR) is 100 cm³/mol. The Hall–Kier alpha value is -1.80. The van der Waals surface area contributed by atoms with E-state index in [0.717, 1.165) is 21.1 Å². The third-order valence-corrected chi connectivity index (χ3v) is 6.80. The number of aromatic nitrogens is 2. The first kappa shape index (κ1) is 18.0. The molecule has 3 rings (SSSR count). The molecule has 0 amide bonds. The number of aryl methyl sites for hydroxylation is 1. The van der Waals surface area contributed by atoms with Gasteiger partial charge in [-0.2, -0.15) is 0 Å². The minimum absolute atomic E-state index is 0.0914. The van der Waals surface area contributed by atoms with Crippen molar-refractivity contribution in [2.24, 2.45) is 0 Å². The van der Waals surface area contributed by atoms with Crippen LogP contribution in [0, 0.1) is 6.92 Å². The van der Waals surface area contributed by atoms with Gasteiger partial charge in [-0.25, -0.2) is 18.1 Å².